The predicted molar refractivity (Wildman–Crippen MR) is 62.8 cm³/mol. The maximum absolute atomic E-state index is 12.4. The van der Waals surface area contributed by atoms with E-state index in [2.05, 4.69) is 0 Å². The molecular weight excluding hydrogens is 254 g/mol. The van der Waals surface area contributed by atoms with E-state index in [9.17, 15) is 13.6 Å². The van der Waals surface area contributed by atoms with E-state index in [1.165, 1.54) is 17.8 Å². The molecule has 0 aliphatic rings. The second kappa shape index (κ2) is 5.64. The first-order valence-electron chi connectivity index (χ1n) is 4.71. The summed E-state index contributed by atoms with van der Waals surface area (Å²) in [6.07, 6.45) is -3.02. The minimum Gasteiger partial charge on any atom is -0.288 e. The molecule has 0 radical (unpaired) electrons. The van der Waals surface area contributed by atoms with Crippen LogP contribution in [-0.4, -0.2) is 17.5 Å². The molecule has 0 aliphatic heterocycles. The Morgan fingerprint density at radius 1 is 1.38 bits per heavy atom. The zero-order valence-electron chi connectivity index (χ0n) is 8.84. The van der Waals surface area contributed by atoms with E-state index < -0.39 is 12.2 Å². The third-order valence-corrected chi connectivity index (χ3v) is 3.16. The van der Waals surface area contributed by atoms with E-state index in [-0.39, 0.29) is 15.8 Å². The number of benzene rings is 1. The summed E-state index contributed by atoms with van der Waals surface area (Å²) in [5.74, 6) is -1.21. The molecule has 0 aliphatic carbocycles. The van der Waals surface area contributed by atoms with Crippen LogP contribution in [0.15, 0.2) is 23.1 Å². The lowest BCUT2D eigenvalue weighted by molar-refractivity contribution is 0.0675. The predicted octanol–water partition coefficient (Wildman–Crippen LogP) is 4.29. The van der Waals surface area contributed by atoms with Gasteiger partial charge in [-0.15, -0.1) is 11.8 Å². The minimum atomic E-state index is -3.02. The number of carbonyl (C=O) groups excluding carboxylic acids is 1. The van der Waals surface area contributed by atoms with Gasteiger partial charge in [0.25, 0.3) is 0 Å². The normalized spacial score (nSPS) is 11.2. The monoisotopic (exact) mass is 264 g/mol. The maximum Gasteiger partial charge on any atom is 0.300 e. The quantitative estimate of drug-likeness (QED) is 0.596. The number of Topliss-reactive ketones (excluding diaryl/α,β-unsaturated/α-hetero) is 1. The third-order valence-electron chi connectivity index (χ3n) is 1.78. The number of halogens is 3. The van der Waals surface area contributed by atoms with Crippen LogP contribution >= 0.6 is 23.4 Å². The van der Waals surface area contributed by atoms with Gasteiger partial charge in [0.1, 0.15) is 0 Å². The van der Waals surface area contributed by atoms with Crippen molar-refractivity contribution in [3.05, 3.63) is 28.8 Å². The summed E-state index contributed by atoms with van der Waals surface area (Å²) in [5, 5.41) is 0.277. The van der Waals surface area contributed by atoms with E-state index in [0.717, 1.165) is 0 Å². The largest absolute Gasteiger partial charge is 0.300 e. The minimum absolute atomic E-state index is 0.0714. The summed E-state index contributed by atoms with van der Waals surface area (Å²) < 4.78 is 24.8. The molecule has 16 heavy (non-hydrogen) atoms. The van der Waals surface area contributed by atoms with E-state index >= 15 is 0 Å². The fourth-order valence-electron chi connectivity index (χ4n) is 1.20. The second-order valence-corrected chi connectivity index (χ2v) is 5.47. The Morgan fingerprint density at radius 2 is 2.00 bits per heavy atom. The number of hydrogen-bond acceptors (Lipinski definition) is 2. The van der Waals surface area contributed by atoms with Crippen molar-refractivity contribution in [2.75, 3.05) is 0 Å². The highest BCUT2D eigenvalue weighted by atomic mass is 35.5. The van der Waals surface area contributed by atoms with Crippen LogP contribution in [0.5, 0.6) is 0 Å². The van der Waals surface area contributed by atoms with Crippen LogP contribution in [0.4, 0.5) is 8.78 Å². The summed E-state index contributed by atoms with van der Waals surface area (Å²) in [7, 11) is 0. The molecule has 0 bridgehead atoms. The van der Waals surface area contributed by atoms with Crippen molar-refractivity contribution in [3.8, 4) is 0 Å². The van der Waals surface area contributed by atoms with E-state index in [0.29, 0.717) is 4.90 Å². The second-order valence-electron chi connectivity index (χ2n) is 3.44. The van der Waals surface area contributed by atoms with Crippen molar-refractivity contribution in [1.29, 1.82) is 0 Å². The zero-order valence-corrected chi connectivity index (χ0v) is 10.4. The van der Waals surface area contributed by atoms with Crippen LogP contribution in [0.2, 0.25) is 5.02 Å². The number of rotatable bonds is 4. The van der Waals surface area contributed by atoms with Gasteiger partial charge in [0.15, 0.2) is 0 Å². The van der Waals surface area contributed by atoms with E-state index in [1.54, 1.807) is 12.1 Å². The Hall–Kier alpha value is -0.610. The molecule has 0 unspecified atom stereocenters. The Labute approximate surface area is 102 Å². The molecule has 0 amide bonds. The fraction of sp³-hybridized carbons (Fsp3) is 0.364. The molecule has 1 aromatic carbocycles. The van der Waals surface area contributed by atoms with Crippen molar-refractivity contribution in [2.24, 2.45) is 0 Å². The summed E-state index contributed by atoms with van der Waals surface area (Å²) >= 11 is 7.13. The van der Waals surface area contributed by atoms with Crippen LogP contribution in [0.25, 0.3) is 0 Å². The molecule has 1 nitrogen and oxygen atoms in total. The van der Waals surface area contributed by atoms with Gasteiger partial charge in [-0.2, -0.15) is 0 Å². The van der Waals surface area contributed by atoms with Crippen LogP contribution in [0.1, 0.15) is 24.2 Å². The first-order chi connectivity index (χ1) is 7.43. The molecular formula is C11H11ClF2OS. The maximum atomic E-state index is 12.4. The molecule has 5 heteroatoms. The lowest BCUT2D eigenvalue weighted by Crippen LogP contribution is -2.12. The molecule has 0 N–H and O–H groups in total. The van der Waals surface area contributed by atoms with Crippen molar-refractivity contribution in [3.63, 3.8) is 0 Å². The molecule has 1 rings (SSSR count). The number of thioether (sulfide) groups is 1. The van der Waals surface area contributed by atoms with Crippen molar-refractivity contribution >= 4 is 29.1 Å². The highest BCUT2D eigenvalue weighted by molar-refractivity contribution is 8.00. The Bertz CT molecular complexity index is 394. The lowest BCUT2D eigenvalue weighted by atomic mass is 10.1. The molecule has 0 fully saturated rings. The lowest BCUT2D eigenvalue weighted by Gasteiger charge is -2.11. The highest BCUT2D eigenvalue weighted by Crippen LogP contribution is 2.32. The van der Waals surface area contributed by atoms with Gasteiger partial charge >= 0.3 is 6.43 Å². The Balaban J connectivity index is 3.18. The van der Waals surface area contributed by atoms with Crippen LogP contribution < -0.4 is 0 Å². The molecule has 0 heterocycles. The van der Waals surface area contributed by atoms with E-state index in [1.807, 2.05) is 13.8 Å². The molecule has 88 valence electrons. The summed E-state index contributed by atoms with van der Waals surface area (Å²) in [6.45, 7) is 3.84. The zero-order chi connectivity index (χ0) is 12.3. The fourth-order valence-corrected chi connectivity index (χ4v) is 2.52. The van der Waals surface area contributed by atoms with E-state index in [4.69, 9.17) is 11.6 Å². The first-order valence-corrected chi connectivity index (χ1v) is 5.96. The molecule has 0 saturated heterocycles. The van der Waals surface area contributed by atoms with Gasteiger partial charge in [0.2, 0.25) is 5.78 Å². The van der Waals surface area contributed by atoms with Crippen molar-refractivity contribution in [1.82, 2.24) is 0 Å². The van der Waals surface area contributed by atoms with Gasteiger partial charge in [-0.1, -0.05) is 31.5 Å². The number of hydrogen-bond donors (Lipinski definition) is 0. The molecule has 0 saturated carbocycles. The average Bonchev–Trinajstić information content (AvgIpc) is 2.16. The highest BCUT2D eigenvalue weighted by Gasteiger charge is 2.24. The summed E-state index contributed by atoms with van der Waals surface area (Å²) in [5.41, 5.74) is -0.0714. The smallest absolute Gasteiger partial charge is 0.288 e. The summed E-state index contributed by atoms with van der Waals surface area (Å²) in [6, 6.07) is 4.73. The van der Waals surface area contributed by atoms with Gasteiger partial charge in [-0.25, -0.2) is 8.78 Å². The van der Waals surface area contributed by atoms with Crippen LogP contribution in [-0.2, 0) is 0 Å². The number of ketones is 1. The van der Waals surface area contributed by atoms with Gasteiger partial charge < -0.3 is 0 Å². The Kier molecular flexibility index (Phi) is 4.74. The Morgan fingerprint density at radius 3 is 2.50 bits per heavy atom. The molecule has 0 atom stereocenters. The molecule has 1 aromatic rings. The van der Waals surface area contributed by atoms with Gasteiger partial charge in [-0.05, 0) is 12.1 Å². The van der Waals surface area contributed by atoms with Crippen molar-refractivity contribution in [2.45, 2.75) is 30.4 Å². The average molecular weight is 265 g/mol. The van der Waals surface area contributed by atoms with Crippen LogP contribution in [0.3, 0.4) is 0 Å². The van der Waals surface area contributed by atoms with Crippen molar-refractivity contribution < 1.29 is 13.6 Å². The van der Waals surface area contributed by atoms with Gasteiger partial charge in [-0.3, -0.25) is 4.79 Å². The molecule has 0 aromatic heterocycles. The van der Waals surface area contributed by atoms with Gasteiger partial charge in [0, 0.05) is 10.1 Å². The standard InChI is InChI=1S/C11H11ClF2OS/c1-6(2)16-8-5-3-4-7(12)9(8)10(15)11(13)14/h3-6,11H,1-2H3. The number of alkyl halides is 2. The summed E-state index contributed by atoms with van der Waals surface area (Å²) in [4.78, 5) is 11.8. The first kappa shape index (κ1) is 13.5. The third kappa shape index (κ3) is 3.19. The topological polar surface area (TPSA) is 17.1 Å². The molecule has 0 spiro atoms. The van der Waals surface area contributed by atoms with Crippen LogP contribution in [0, 0.1) is 0 Å². The SMILES string of the molecule is CC(C)Sc1cccc(Cl)c1C(=O)C(F)F. The van der Waals surface area contributed by atoms with Gasteiger partial charge in [0.05, 0.1) is 10.6 Å². The number of carbonyl (C=O) groups is 1.